The first-order chi connectivity index (χ1) is 15.7. The molecule has 9 heteroatoms. The second-order valence-corrected chi connectivity index (χ2v) is 7.12. The Labute approximate surface area is 182 Å². The summed E-state index contributed by atoms with van der Waals surface area (Å²) in [5.41, 5.74) is 2.64. The van der Waals surface area contributed by atoms with Gasteiger partial charge in [-0.15, -0.1) is 0 Å². The maximum Gasteiger partial charge on any atom is 0.277 e. The maximum atomic E-state index is 13.2. The molecule has 3 heterocycles. The van der Waals surface area contributed by atoms with E-state index in [2.05, 4.69) is 15.2 Å². The van der Waals surface area contributed by atoms with Crippen molar-refractivity contribution >= 4 is 5.52 Å². The van der Waals surface area contributed by atoms with E-state index in [-0.39, 0.29) is 24.6 Å². The van der Waals surface area contributed by atoms with Crippen LogP contribution in [0.15, 0.2) is 76.3 Å². The van der Waals surface area contributed by atoms with E-state index in [1.807, 2.05) is 54.6 Å². The zero-order valence-corrected chi connectivity index (χ0v) is 17.2. The molecular formula is C23H19N5O4. The van der Waals surface area contributed by atoms with Crippen LogP contribution in [0.1, 0.15) is 11.5 Å². The summed E-state index contributed by atoms with van der Waals surface area (Å²) in [4.78, 5) is 17.6. The van der Waals surface area contributed by atoms with Crippen molar-refractivity contribution in [2.75, 3.05) is 7.11 Å². The van der Waals surface area contributed by atoms with Crippen LogP contribution in [0.25, 0.3) is 28.2 Å². The van der Waals surface area contributed by atoms with Crippen LogP contribution in [0.5, 0.6) is 5.75 Å². The third kappa shape index (κ3) is 3.44. The molecule has 0 aliphatic carbocycles. The summed E-state index contributed by atoms with van der Waals surface area (Å²) in [5, 5.41) is 18.5. The van der Waals surface area contributed by atoms with Crippen molar-refractivity contribution in [1.82, 2.24) is 24.3 Å². The first-order valence-electron chi connectivity index (χ1n) is 9.92. The molecule has 0 bridgehead atoms. The Morgan fingerprint density at radius 3 is 2.53 bits per heavy atom. The number of nitrogens with zero attached hydrogens (tertiary/aromatic N) is 5. The van der Waals surface area contributed by atoms with Crippen LogP contribution in [0.2, 0.25) is 0 Å². The number of hydrogen-bond acceptors (Lipinski definition) is 7. The molecule has 3 aromatic heterocycles. The van der Waals surface area contributed by atoms with Gasteiger partial charge in [0.2, 0.25) is 11.7 Å². The fourth-order valence-electron chi connectivity index (χ4n) is 3.58. The van der Waals surface area contributed by atoms with E-state index in [0.29, 0.717) is 22.6 Å². The Kier molecular flexibility index (Phi) is 5.00. The zero-order chi connectivity index (χ0) is 22.1. The molecule has 0 spiro atoms. The topological polar surface area (TPSA) is 108 Å². The molecule has 0 aliphatic heterocycles. The summed E-state index contributed by atoms with van der Waals surface area (Å²) in [5.74, 6) is 1.44. The first kappa shape index (κ1) is 19.7. The van der Waals surface area contributed by atoms with Gasteiger partial charge in [-0.1, -0.05) is 35.5 Å². The molecule has 0 atom stereocenters. The van der Waals surface area contributed by atoms with Gasteiger partial charge in [0.25, 0.3) is 5.56 Å². The highest BCUT2D eigenvalue weighted by Crippen LogP contribution is 2.25. The van der Waals surface area contributed by atoms with Gasteiger partial charge in [-0.3, -0.25) is 4.79 Å². The molecule has 32 heavy (non-hydrogen) atoms. The van der Waals surface area contributed by atoms with Crippen LogP contribution in [0.4, 0.5) is 0 Å². The zero-order valence-electron chi connectivity index (χ0n) is 17.2. The van der Waals surface area contributed by atoms with Crippen LogP contribution >= 0.6 is 0 Å². The van der Waals surface area contributed by atoms with E-state index in [0.717, 1.165) is 16.9 Å². The fraction of sp³-hybridized carbons (Fsp3) is 0.130. The van der Waals surface area contributed by atoms with Gasteiger partial charge >= 0.3 is 0 Å². The summed E-state index contributed by atoms with van der Waals surface area (Å²) >= 11 is 0. The Morgan fingerprint density at radius 1 is 1.03 bits per heavy atom. The Bertz CT molecular complexity index is 1440. The standard InChI is InChI=1S/C23H19N5O4/c1-31-17-9-7-16(8-10-17)22-24-19(32-26-22)13-27-11-12-28-21(23(27)30)18(14-29)20(25-28)15-5-3-2-4-6-15/h2-12,29H,13-14H2,1H3. The predicted octanol–water partition coefficient (Wildman–Crippen LogP) is 2.76. The summed E-state index contributed by atoms with van der Waals surface area (Å²) in [7, 11) is 1.60. The lowest BCUT2D eigenvalue weighted by Crippen LogP contribution is -2.22. The number of methoxy groups -OCH3 is 1. The van der Waals surface area contributed by atoms with Crippen molar-refractivity contribution < 1.29 is 14.4 Å². The van der Waals surface area contributed by atoms with E-state index >= 15 is 0 Å². The quantitative estimate of drug-likeness (QED) is 0.442. The minimum absolute atomic E-state index is 0.0925. The lowest BCUT2D eigenvalue weighted by molar-refractivity contribution is 0.283. The number of fused-ring (bicyclic) bond motifs is 1. The molecule has 0 saturated heterocycles. The smallest absolute Gasteiger partial charge is 0.277 e. The lowest BCUT2D eigenvalue weighted by Gasteiger charge is -2.03. The molecule has 5 rings (SSSR count). The molecule has 2 aromatic carbocycles. The molecule has 0 saturated carbocycles. The maximum absolute atomic E-state index is 13.2. The summed E-state index contributed by atoms with van der Waals surface area (Å²) in [6, 6.07) is 16.7. The van der Waals surface area contributed by atoms with Crippen LogP contribution in [0.3, 0.4) is 0 Å². The van der Waals surface area contributed by atoms with Gasteiger partial charge in [0.05, 0.1) is 19.4 Å². The number of hydrogen-bond donors (Lipinski definition) is 1. The second kappa shape index (κ2) is 8.12. The fourth-order valence-corrected chi connectivity index (χ4v) is 3.58. The predicted molar refractivity (Wildman–Crippen MR) is 116 cm³/mol. The lowest BCUT2D eigenvalue weighted by atomic mass is 10.1. The van der Waals surface area contributed by atoms with Crippen molar-refractivity contribution in [3.05, 3.63) is 88.8 Å². The SMILES string of the molecule is COc1ccc(-c2noc(Cn3ccn4nc(-c5ccccc5)c(CO)c4c3=O)n2)cc1. The Balaban J connectivity index is 1.49. The van der Waals surface area contributed by atoms with E-state index in [1.165, 1.54) is 9.08 Å². The van der Waals surface area contributed by atoms with E-state index in [1.54, 1.807) is 19.5 Å². The summed E-state index contributed by atoms with van der Waals surface area (Å²) < 4.78 is 13.5. The van der Waals surface area contributed by atoms with Crippen molar-refractivity contribution in [3.63, 3.8) is 0 Å². The monoisotopic (exact) mass is 429 g/mol. The van der Waals surface area contributed by atoms with Gasteiger partial charge in [-0.05, 0) is 24.3 Å². The van der Waals surface area contributed by atoms with Crippen molar-refractivity contribution in [1.29, 1.82) is 0 Å². The molecule has 0 radical (unpaired) electrons. The molecule has 9 nitrogen and oxygen atoms in total. The number of aromatic nitrogens is 5. The Morgan fingerprint density at radius 2 is 1.81 bits per heavy atom. The molecule has 0 amide bonds. The minimum Gasteiger partial charge on any atom is -0.497 e. The van der Waals surface area contributed by atoms with Gasteiger partial charge in [-0.25, -0.2) is 4.52 Å². The van der Waals surface area contributed by atoms with Gasteiger partial charge in [-0.2, -0.15) is 10.1 Å². The molecular weight excluding hydrogens is 410 g/mol. The number of aliphatic hydroxyl groups is 1. The van der Waals surface area contributed by atoms with Crippen molar-refractivity contribution in [3.8, 4) is 28.4 Å². The normalized spacial score (nSPS) is 11.2. The molecule has 5 aromatic rings. The van der Waals surface area contributed by atoms with Crippen molar-refractivity contribution in [2.24, 2.45) is 0 Å². The third-order valence-corrected chi connectivity index (χ3v) is 5.19. The van der Waals surface area contributed by atoms with Crippen LogP contribution < -0.4 is 10.3 Å². The number of benzene rings is 2. The highest BCUT2D eigenvalue weighted by atomic mass is 16.5. The molecule has 160 valence electrons. The highest BCUT2D eigenvalue weighted by molar-refractivity contribution is 5.72. The van der Waals surface area contributed by atoms with E-state index in [4.69, 9.17) is 9.26 Å². The summed E-state index contributed by atoms with van der Waals surface area (Å²) in [6.07, 6.45) is 3.28. The van der Waals surface area contributed by atoms with Crippen LogP contribution in [-0.2, 0) is 13.2 Å². The largest absolute Gasteiger partial charge is 0.497 e. The number of aliphatic hydroxyl groups excluding tert-OH is 1. The first-order valence-corrected chi connectivity index (χ1v) is 9.92. The average molecular weight is 429 g/mol. The van der Waals surface area contributed by atoms with Crippen molar-refractivity contribution in [2.45, 2.75) is 13.2 Å². The number of rotatable bonds is 6. The van der Waals surface area contributed by atoms with Gasteiger partial charge in [0.1, 0.15) is 17.8 Å². The van der Waals surface area contributed by atoms with Gasteiger partial charge in [0, 0.05) is 29.1 Å². The summed E-state index contributed by atoms with van der Waals surface area (Å²) in [6.45, 7) is -0.218. The van der Waals surface area contributed by atoms with E-state index in [9.17, 15) is 9.90 Å². The molecule has 0 fully saturated rings. The number of ether oxygens (including phenoxy) is 1. The minimum atomic E-state index is -0.310. The average Bonchev–Trinajstić information content (AvgIpc) is 3.46. The van der Waals surface area contributed by atoms with E-state index < -0.39 is 0 Å². The Hall–Kier alpha value is -4.24. The molecule has 1 N–H and O–H groups in total. The molecule has 0 aliphatic rings. The third-order valence-electron chi connectivity index (χ3n) is 5.19. The second-order valence-electron chi connectivity index (χ2n) is 7.12. The van der Waals surface area contributed by atoms with Crippen LogP contribution in [-0.4, -0.2) is 36.5 Å². The molecule has 0 unspecified atom stereocenters. The van der Waals surface area contributed by atoms with Gasteiger partial charge in [0.15, 0.2) is 0 Å². The highest BCUT2D eigenvalue weighted by Gasteiger charge is 2.18. The van der Waals surface area contributed by atoms with Crippen LogP contribution in [0, 0.1) is 0 Å². The van der Waals surface area contributed by atoms with Gasteiger partial charge < -0.3 is 18.9 Å².